The lowest BCUT2D eigenvalue weighted by Gasteiger charge is -2.39. The molecule has 6 nitrogen and oxygen atoms in total. The van der Waals surface area contributed by atoms with Crippen molar-refractivity contribution < 1.29 is 9.53 Å². The van der Waals surface area contributed by atoms with Gasteiger partial charge in [-0.15, -0.1) is 0 Å². The van der Waals surface area contributed by atoms with E-state index in [1.165, 1.54) is 29.7 Å². The highest BCUT2D eigenvalue weighted by Crippen LogP contribution is 2.27. The Morgan fingerprint density at radius 3 is 2.71 bits per heavy atom. The fourth-order valence-electron chi connectivity index (χ4n) is 5.10. The maximum absolute atomic E-state index is 13.0. The molecule has 2 heterocycles. The molecule has 2 fully saturated rings. The number of benzene rings is 1. The van der Waals surface area contributed by atoms with Crippen molar-refractivity contribution in [2.75, 3.05) is 46.4 Å². The van der Waals surface area contributed by atoms with Crippen molar-refractivity contribution in [3.8, 4) is 0 Å². The number of nitrogens with zero attached hydrogens (tertiary/aromatic N) is 2. The lowest BCUT2D eigenvalue weighted by atomic mass is 10.0. The van der Waals surface area contributed by atoms with Crippen LogP contribution in [-0.4, -0.2) is 80.3 Å². The number of carbonyl (C=O) groups is 1. The first kappa shape index (κ1) is 24.2. The predicted octanol–water partition coefficient (Wildman–Crippen LogP) is 2.47. The van der Waals surface area contributed by atoms with Crippen molar-refractivity contribution in [2.24, 2.45) is 0 Å². The minimum atomic E-state index is -0.0457. The van der Waals surface area contributed by atoms with E-state index >= 15 is 0 Å². The summed E-state index contributed by atoms with van der Waals surface area (Å²) in [4.78, 5) is 18.1. The van der Waals surface area contributed by atoms with Gasteiger partial charge in [0.2, 0.25) is 5.91 Å². The van der Waals surface area contributed by atoms with Crippen LogP contribution in [0.4, 0.5) is 0 Å². The highest BCUT2D eigenvalue weighted by atomic mass is 16.5. The minimum absolute atomic E-state index is 0.0457. The van der Waals surface area contributed by atoms with E-state index in [1.807, 2.05) is 0 Å². The number of amides is 1. The van der Waals surface area contributed by atoms with Gasteiger partial charge in [-0.25, -0.2) is 0 Å². The second kappa shape index (κ2) is 12.0. The van der Waals surface area contributed by atoms with Crippen LogP contribution < -0.4 is 10.6 Å². The van der Waals surface area contributed by atoms with E-state index in [4.69, 9.17) is 4.74 Å². The third-order valence-electron chi connectivity index (χ3n) is 6.90. The largest absolute Gasteiger partial charge is 0.383 e. The van der Waals surface area contributed by atoms with Crippen LogP contribution in [0.25, 0.3) is 0 Å². The standard InChI is InChI=1S/C25H42N4O2/c1-5-11-28-12-8-23(9-13-28)29-18-22(16-24(29)25(30)26-10-14-31-4)27-17-21-15-19(2)6-7-20(21)3/h6-7,15,22-24,27H,5,8-14,16-18H2,1-4H3,(H,26,30)/t22-,24-/m0/s1. The molecule has 31 heavy (non-hydrogen) atoms. The summed E-state index contributed by atoms with van der Waals surface area (Å²) in [5, 5.41) is 6.85. The summed E-state index contributed by atoms with van der Waals surface area (Å²) in [6.45, 7) is 13.0. The average Bonchev–Trinajstić information content (AvgIpc) is 3.20. The fraction of sp³-hybridized carbons (Fsp3) is 0.720. The van der Waals surface area contributed by atoms with Crippen molar-refractivity contribution in [1.82, 2.24) is 20.4 Å². The van der Waals surface area contributed by atoms with Crippen LogP contribution in [0.15, 0.2) is 18.2 Å². The number of methoxy groups -OCH3 is 1. The molecule has 2 atom stereocenters. The summed E-state index contributed by atoms with van der Waals surface area (Å²) in [5.41, 5.74) is 3.97. The van der Waals surface area contributed by atoms with Crippen molar-refractivity contribution in [3.05, 3.63) is 34.9 Å². The minimum Gasteiger partial charge on any atom is -0.383 e. The Labute approximate surface area is 188 Å². The molecular formula is C25H42N4O2. The number of nitrogens with one attached hydrogen (secondary N) is 2. The third kappa shape index (κ3) is 6.75. The Bertz CT molecular complexity index is 703. The average molecular weight is 431 g/mol. The number of hydrogen-bond acceptors (Lipinski definition) is 5. The second-order valence-corrected chi connectivity index (χ2v) is 9.31. The zero-order valence-electron chi connectivity index (χ0n) is 20.0. The molecule has 2 aliphatic heterocycles. The SMILES string of the molecule is CCCN1CCC(N2C[C@@H](NCc3cc(C)ccc3C)C[C@H]2C(=O)NCCOC)CC1. The number of rotatable bonds is 10. The first-order valence-electron chi connectivity index (χ1n) is 12.1. The van der Waals surface area contributed by atoms with E-state index in [0.29, 0.717) is 25.2 Å². The maximum Gasteiger partial charge on any atom is 0.237 e. The molecule has 0 radical (unpaired) electrons. The summed E-state index contributed by atoms with van der Waals surface area (Å²) in [6.07, 6.45) is 4.40. The van der Waals surface area contributed by atoms with Crippen molar-refractivity contribution in [2.45, 2.75) is 71.1 Å². The van der Waals surface area contributed by atoms with E-state index in [0.717, 1.165) is 45.4 Å². The molecule has 0 bridgehead atoms. The fourth-order valence-corrected chi connectivity index (χ4v) is 5.10. The predicted molar refractivity (Wildman–Crippen MR) is 126 cm³/mol. The van der Waals surface area contributed by atoms with Gasteiger partial charge in [-0.2, -0.15) is 0 Å². The van der Waals surface area contributed by atoms with Crippen molar-refractivity contribution in [1.29, 1.82) is 0 Å². The van der Waals surface area contributed by atoms with Gasteiger partial charge in [0.15, 0.2) is 0 Å². The van der Waals surface area contributed by atoms with E-state index in [2.05, 4.69) is 59.4 Å². The highest BCUT2D eigenvalue weighted by molar-refractivity contribution is 5.82. The Morgan fingerprint density at radius 1 is 1.23 bits per heavy atom. The number of piperidine rings is 1. The zero-order chi connectivity index (χ0) is 22.2. The van der Waals surface area contributed by atoms with Gasteiger partial charge in [0, 0.05) is 38.8 Å². The number of aryl methyl sites for hydroxylation is 2. The normalized spacial score (nSPS) is 23.4. The lowest BCUT2D eigenvalue weighted by molar-refractivity contribution is -0.126. The topological polar surface area (TPSA) is 56.8 Å². The number of ether oxygens (including phenoxy) is 1. The molecule has 174 valence electrons. The van der Waals surface area contributed by atoms with Crippen LogP contribution in [0.3, 0.4) is 0 Å². The number of hydrogen-bond donors (Lipinski definition) is 2. The Kier molecular flexibility index (Phi) is 9.32. The Morgan fingerprint density at radius 2 is 2.00 bits per heavy atom. The van der Waals surface area contributed by atoms with Gasteiger partial charge in [-0.05, 0) is 70.3 Å². The molecule has 1 amide bonds. The maximum atomic E-state index is 13.0. The number of likely N-dealkylation sites (tertiary alicyclic amines) is 2. The van der Waals surface area contributed by atoms with Crippen LogP contribution in [-0.2, 0) is 16.1 Å². The quantitative estimate of drug-likeness (QED) is 0.559. The van der Waals surface area contributed by atoms with Crippen LogP contribution >= 0.6 is 0 Å². The van der Waals surface area contributed by atoms with Gasteiger partial charge in [0.1, 0.15) is 0 Å². The van der Waals surface area contributed by atoms with E-state index in [9.17, 15) is 4.79 Å². The van der Waals surface area contributed by atoms with Gasteiger partial charge in [-0.1, -0.05) is 30.7 Å². The third-order valence-corrected chi connectivity index (χ3v) is 6.90. The molecule has 0 saturated carbocycles. The van der Waals surface area contributed by atoms with E-state index < -0.39 is 0 Å². The molecule has 2 saturated heterocycles. The molecule has 3 rings (SSSR count). The summed E-state index contributed by atoms with van der Waals surface area (Å²) in [6, 6.07) is 7.43. The zero-order valence-corrected chi connectivity index (χ0v) is 20.0. The smallest absolute Gasteiger partial charge is 0.237 e. The summed E-state index contributed by atoms with van der Waals surface area (Å²) in [5.74, 6) is 0.157. The monoisotopic (exact) mass is 430 g/mol. The molecule has 1 aromatic rings. The summed E-state index contributed by atoms with van der Waals surface area (Å²) in [7, 11) is 1.67. The molecule has 6 heteroatoms. The highest BCUT2D eigenvalue weighted by Gasteiger charge is 2.40. The van der Waals surface area contributed by atoms with Crippen LogP contribution in [0.2, 0.25) is 0 Å². The van der Waals surface area contributed by atoms with E-state index in [-0.39, 0.29) is 11.9 Å². The molecule has 0 spiro atoms. The van der Waals surface area contributed by atoms with Gasteiger partial charge in [-0.3, -0.25) is 9.69 Å². The van der Waals surface area contributed by atoms with Crippen molar-refractivity contribution in [3.63, 3.8) is 0 Å². The molecule has 1 aromatic carbocycles. The van der Waals surface area contributed by atoms with Crippen LogP contribution in [0.5, 0.6) is 0 Å². The van der Waals surface area contributed by atoms with Gasteiger partial charge >= 0.3 is 0 Å². The summed E-state index contributed by atoms with van der Waals surface area (Å²) < 4.78 is 5.12. The van der Waals surface area contributed by atoms with Gasteiger partial charge in [0.25, 0.3) is 0 Å². The number of carbonyl (C=O) groups excluding carboxylic acids is 1. The van der Waals surface area contributed by atoms with E-state index in [1.54, 1.807) is 7.11 Å². The summed E-state index contributed by atoms with van der Waals surface area (Å²) >= 11 is 0. The Balaban J connectivity index is 1.62. The Hall–Kier alpha value is -1.47. The lowest BCUT2D eigenvalue weighted by Crippen LogP contribution is -2.51. The van der Waals surface area contributed by atoms with Crippen LogP contribution in [0.1, 0.15) is 49.3 Å². The molecule has 0 aliphatic carbocycles. The first-order valence-corrected chi connectivity index (χ1v) is 12.1. The molecule has 0 aromatic heterocycles. The molecule has 2 aliphatic rings. The molecular weight excluding hydrogens is 388 g/mol. The second-order valence-electron chi connectivity index (χ2n) is 9.31. The first-order chi connectivity index (χ1) is 15.0. The molecule has 0 unspecified atom stereocenters. The van der Waals surface area contributed by atoms with Gasteiger partial charge in [0.05, 0.1) is 12.6 Å². The van der Waals surface area contributed by atoms with Crippen LogP contribution in [0, 0.1) is 13.8 Å². The van der Waals surface area contributed by atoms with Gasteiger partial charge < -0.3 is 20.3 Å². The van der Waals surface area contributed by atoms with Crippen molar-refractivity contribution >= 4 is 5.91 Å². The molecule has 2 N–H and O–H groups in total.